The van der Waals surface area contributed by atoms with E-state index in [0.29, 0.717) is 29.6 Å². The van der Waals surface area contributed by atoms with Crippen molar-refractivity contribution in [3.63, 3.8) is 0 Å². The Morgan fingerprint density at radius 2 is 1.69 bits per heavy atom. The topological polar surface area (TPSA) is 52.7 Å². The molecule has 3 rings (SSSR count). The highest BCUT2D eigenvalue weighted by Gasteiger charge is 2.19. The molecule has 7 heteroatoms. The maximum absolute atomic E-state index is 12.2. The minimum atomic E-state index is 0.0225. The highest BCUT2D eigenvalue weighted by Crippen LogP contribution is 2.21. The van der Waals surface area contributed by atoms with Crippen molar-refractivity contribution in [2.24, 2.45) is 0 Å². The van der Waals surface area contributed by atoms with Crippen LogP contribution >= 0.6 is 23.2 Å². The fourth-order valence-corrected chi connectivity index (χ4v) is 3.89. The number of nitrogens with zero attached hydrogens (tertiary/aromatic N) is 2. The first-order valence-corrected chi connectivity index (χ1v) is 10.5. The zero-order chi connectivity index (χ0) is 20.8. The van der Waals surface area contributed by atoms with Crippen LogP contribution in [0.25, 0.3) is 0 Å². The fraction of sp³-hybridized carbons (Fsp3) is 0.364. The number of hydrogen-bond acceptors (Lipinski definition) is 4. The molecular formula is C22H25Cl2N3O2. The molecule has 0 atom stereocenters. The van der Waals surface area contributed by atoms with Crippen molar-refractivity contribution in [1.29, 1.82) is 0 Å². The number of ketones is 1. The van der Waals surface area contributed by atoms with Crippen LogP contribution in [0.4, 0.5) is 5.69 Å². The average Bonchev–Trinajstić information content (AvgIpc) is 2.70. The molecule has 0 radical (unpaired) electrons. The smallest absolute Gasteiger partial charge is 0.234 e. The van der Waals surface area contributed by atoms with Gasteiger partial charge in [0.05, 0.1) is 6.54 Å². The molecule has 2 aromatic carbocycles. The van der Waals surface area contributed by atoms with Crippen LogP contribution in [0.2, 0.25) is 10.0 Å². The van der Waals surface area contributed by atoms with Gasteiger partial charge in [-0.15, -0.1) is 0 Å². The third-order valence-corrected chi connectivity index (χ3v) is 5.70. The Balaban J connectivity index is 1.39. The Labute approximate surface area is 181 Å². The Morgan fingerprint density at radius 3 is 2.31 bits per heavy atom. The SMILES string of the molecule is CC(=O)c1ccc(N2CCN(CC(=O)NCCc3ccc(Cl)cc3Cl)CC2)cc1. The largest absolute Gasteiger partial charge is 0.369 e. The third-order valence-electron chi connectivity index (χ3n) is 5.11. The average molecular weight is 434 g/mol. The van der Waals surface area contributed by atoms with Gasteiger partial charge in [0.1, 0.15) is 0 Å². The number of benzene rings is 2. The minimum absolute atomic E-state index is 0.0225. The van der Waals surface area contributed by atoms with E-state index in [0.717, 1.165) is 43.0 Å². The van der Waals surface area contributed by atoms with E-state index in [4.69, 9.17) is 23.2 Å². The molecule has 1 heterocycles. The van der Waals surface area contributed by atoms with Gasteiger partial charge in [-0.2, -0.15) is 0 Å². The number of carbonyl (C=O) groups is 2. The molecule has 0 bridgehead atoms. The number of halogens is 2. The summed E-state index contributed by atoms with van der Waals surface area (Å²) in [6.07, 6.45) is 0.672. The molecule has 1 aliphatic heterocycles. The number of carbonyl (C=O) groups excluding carboxylic acids is 2. The Hall–Kier alpha value is -2.08. The van der Waals surface area contributed by atoms with Gasteiger partial charge in [-0.05, 0) is 55.3 Å². The van der Waals surface area contributed by atoms with Gasteiger partial charge >= 0.3 is 0 Å². The van der Waals surface area contributed by atoms with Crippen molar-refractivity contribution in [2.75, 3.05) is 44.2 Å². The van der Waals surface area contributed by atoms with Crippen LogP contribution in [0.15, 0.2) is 42.5 Å². The van der Waals surface area contributed by atoms with E-state index in [9.17, 15) is 9.59 Å². The van der Waals surface area contributed by atoms with Crippen LogP contribution < -0.4 is 10.2 Å². The first kappa shape index (κ1) is 21.6. The predicted octanol–water partition coefficient (Wildman–Crippen LogP) is 3.68. The Morgan fingerprint density at radius 1 is 1.00 bits per heavy atom. The van der Waals surface area contributed by atoms with Crippen molar-refractivity contribution in [1.82, 2.24) is 10.2 Å². The lowest BCUT2D eigenvalue weighted by Gasteiger charge is -2.35. The lowest BCUT2D eigenvalue weighted by atomic mass is 10.1. The zero-order valence-electron chi connectivity index (χ0n) is 16.5. The highest BCUT2D eigenvalue weighted by atomic mass is 35.5. The third kappa shape index (κ3) is 6.20. The lowest BCUT2D eigenvalue weighted by Crippen LogP contribution is -2.49. The van der Waals surface area contributed by atoms with E-state index in [1.165, 1.54) is 0 Å². The Bertz CT molecular complexity index is 863. The van der Waals surface area contributed by atoms with Crippen molar-refractivity contribution in [2.45, 2.75) is 13.3 Å². The van der Waals surface area contributed by atoms with Gasteiger partial charge in [0.25, 0.3) is 0 Å². The molecule has 0 saturated carbocycles. The molecule has 2 aromatic rings. The fourth-order valence-electron chi connectivity index (χ4n) is 3.39. The first-order chi connectivity index (χ1) is 13.9. The van der Waals surface area contributed by atoms with Gasteiger partial charge in [-0.3, -0.25) is 14.5 Å². The van der Waals surface area contributed by atoms with E-state index in [-0.39, 0.29) is 11.7 Å². The highest BCUT2D eigenvalue weighted by molar-refractivity contribution is 6.35. The molecule has 1 amide bonds. The summed E-state index contributed by atoms with van der Waals surface area (Å²) in [6, 6.07) is 13.1. The van der Waals surface area contributed by atoms with Crippen molar-refractivity contribution < 1.29 is 9.59 Å². The first-order valence-electron chi connectivity index (χ1n) is 9.71. The maximum atomic E-state index is 12.2. The van der Waals surface area contributed by atoms with Crippen LogP contribution in [-0.4, -0.2) is 55.9 Å². The summed E-state index contributed by atoms with van der Waals surface area (Å²) in [5.41, 5.74) is 2.81. The van der Waals surface area contributed by atoms with Crippen LogP contribution in [0.5, 0.6) is 0 Å². The van der Waals surface area contributed by atoms with Gasteiger partial charge in [-0.1, -0.05) is 29.3 Å². The number of Topliss-reactive ketones (excluding diaryl/α,β-unsaturated/α-hetero) is 1. The van der Waals surface area contributed by atoms with Crippen LogP contribution in [0, 0.1) is 0 Å². The molecule has 1 aliphatic rings. The lowest BCUT2D eigenvalue weighted by molar-refractivity contribution is -0.122. The van der Waals surface area contributed by atoms with Crippen LogP contribution in [0.1, 0.15) is 22.8 Å². The summed E-state index contributed by atoms with van der Waals surface area (Å²) in [5, 5.41) is 4.19. The monoisotopic (exact) mass is 433 g/mol. The molecule has 154 valence electrons. The van der Waals surface area contributed by atoms with Crippen LogP contribution in [-0.2, 0) is 11.2 Å². The molecule has 0 spiro atoms. The van der Waals surface area contributed by atoms with E-state index in [2.05, 4.69) is 15.1 Å². The molecule has 5 nitrogen and oxygen atoms in total. The summed E-state index contributed by atoms with van der Waals surface area (Å²) in [4.78, 5) is 28.1. The minimum Gasteiger partial charge on any atom is -0.369 e. The van der Waals surface area contributed by atoms with Gasteiger partial charge in [0, 0.05) is 54.0 Å². The second-order valence-corrected chi connectivity index (χ2v) is 8.05. The van der Waals surface area contributed by atoms with Gasteiger partial charge in [0.2, 0.25) is 5.91 Å². The van der Waals surface area contributed by atoms with Gasteiger partial charge in [-0.25, -0.2) is 0 Å². The van der Waals surface area contributed by atoms with Crippen LogP contribution in [0.3, 0.4) is 0 Å². The Kier molecular flexibility index (Phi) is 7.53. The van der Waals surface area contributed by atoms with E-state index in [1.807, 2.05) is 30.3 Å². The van der Waals surface area contributed by atoms with E-state index in [1.54, 1.807) is 19.1 Å². The number of hydrogen-bond donors (Lipinski definition) is 1. The second kappa shape index (κ2) is 10.1. The number of anilines is 1. The summed E-state index contributed by atoms with van der Waals surface area (Å²) >= 11 is 12.1. The van der Waals surface area contributed by atoms with Gasteiger partial charge in [0.15, 0.2) is 5.78 Å². The van der Waals surface area contributed by atoms with Crippen molar-refractivity contribution >= 4 is 40.6 Å². The molecule has 29 heavy (non-hydrogen) atoms. The normalized spacial score (nSPS) is 14.7. The predicted molar refractivity (Wildman–Crippen MR) is 118 cm³/mol. The number of nitrogens with one attached hydrogen (secondary N) is 1. The quantitative estimate of drug-likeness (QED) is 0.676. The summed E-state index contributed by atoms with van der Waals surface area (Å²) < 4.78 is 0. The summed E-state index contributed by atoms with van der Waals surface area (Å²) in [7, 11) is 0. The maximum Gasteiger partial charge on any atom is 0.234 e. The zero-order valence-corrected chi connectivity index (χ0v) is 18.0. The number of amides is 1. The second-order valence-electron chi connectivity index (χ2n) is 7.20. The molecule has 0 unspecified atom stereocenters. The molecular weight excluding hydrogens is 409 g/mol. The summed E-state index contributed by atoms with van der Waals surface area (Å²) in [5.74, 6) is 0.0973. The molecule has 1 fully saturated rings. The molecule has 0 aromatic heterocycles. The van der Waals surface area contributed by atoms with E-state index >= 15 is 0 Å². The van der Waals surface area contributed by atoms with Crippen molar-refractivity contribution in [3.05, 3.63) is 63.6 Å². The molecule has 1 N–H and O–H groups in total. The van der Waals surface area contributed by atoms with Crippen molar-refractivity contribution in [3.8, 4) is 0 Å². The summed E-state index contributed by atoms with van der Waals surface area (Å²) in [6.45, 7) is 5.87. The number of piperazine rings is 1. The standard InChI is InChI=1S/C22H25Cl2N3O2/c1-16(28)17-3-6-20(7-4-17)27-12-10-26(11-13-27)15-22(29)25-9-8-18-2-5-19(23)14-21(18)24/h2-7,14H,8-13,15H2,1H3,(H,25,29). The van der Waals surface area contributed by atoms with Gasteiger partial charge < -0.3 is 10.2 Å². The van der Waals surface area contributed by atoms with E-state index < -0.39 is 0 Å². The molecule has 1 saturated heterocycles. The number of rotatable bonds is 7. The molecule has 0 aliphatic carbocycles.